The van der Waals surface area contributed by atoms with Crippen LogP contribution in [0.2, 0.25) is 5.02 Å². The van der Waals surface area contributed by atoms with Crippen molar-refractivity contribution in [1.82, 2.24) is 9.55 Å². The molecule has 0 atom stereocenters. The predicted molar refractivity (Wildman–Crippen MR) is 72.2 cm³/mol. The first kappa shape index (κ1) is 13.1. The summed E-state index contributed by atoms with van der Waals surface area (Å²) in [6.07, 6.45) is 3.32. The molecule has 0 aliphatic heterocycles. The van der Waals surface area contributed by atoms with E-state index in [0.717, 1.165) is 11.5 Å². The Morgan fingerprint density at radius 1 is 1.58 bits per heavy atom. The lowest BCUT2D eigenvalue weighted by Gasteiger charge is -2.10. The lowest BCUT2D eigenvalue weighted by atomic mass is 10.2. The summed E-state index contributed by atoms with van der Waals surface area (Å²) < 4.78 is 1.85. The Morgan fingerprint density at radius 3 is 2.95 bits per heavy atom. The van der Waals surface area contributed by atoms with Crippen molar-refractivity contribution in [2.45, 2.75) is 13.3 Å². The highest BCUT2D eigenvalue weighted by Gasteiger charge is 2.08. The Labute approximate surface area is 115 Å². The minimum atomic E-state index is -0.356. The van der Waals surface area contributed by atoms with E-state index in [1.807, 2.05) is 17.7 Å². The van der Waals surface area contributed by atoms with Gasteiger partial charge in [0.25, 0.3) is 0 Å². The summed E-state index contributed by atoms with van der Waals surface area (Å²) >= 11 is 6.19. The van der Waals surface area contributed by atoms with Gasteiger partial charge in [-0.2, -0.15) is 5.26 Å². The van der Waals surface area contributed by atoms with Crippen LogP contribution >= 0.6 is 11.6 Å². The van der Waals surface area contributed by atoms with E-state index in [1.54, 1.807) is 30.5 Å². The average Bonchev–Trinajstić information content (AvgIpc) is 2.76. The molecule has 0 saturated heterocycles. The third-order valence-electron chi connectivity index (χ3n) is 2.56. The molecule has 6 heteroatoms. The fraction of sp³-hybridized carbons (Fsp3) is 0.154. The lowest BCUT2D eigenvalue weighted by Crippen LogP contribution is -2.10. The predicted octanol–water partition coefficient (Wildman–Crippen LogP) is 2.69. The molecular formula is C13H11ClN4O. The van der Waals surface area contributed by atoms with Crippen LogP contribution in [0.4, 0.5) is 5.69 Å². The number of hydrogen-bond donors (Lipinski definition) is 1. The fourth-order valence-electron chi connectivity index (χ4n) is 1.69. The molecule has 2 aromatic rings. The average molecular weight is 275 g/mol. The molecule has 2 rings (SSSR count). The first-order valence-corrected chi connectivity index (χ1v) is 5.96. The van der Waals surface area contributed by atoms with Crippen LogP contribution in [0.15, 0.2) is 30.6 Å². The van der Waals surface area contributed by atoms with Gasteiger partial charge in [0.15, 0.2) is 0 Å². The molecule has 0 saturated carbocycles. The van der Waals surface area contributed by atoms with Gasteiger partial charge < -0.3 is 9.88 Å². The second-order valence-corrected chi connectivity index (χ2v) is 4.30. The minimum Gasteiger partial charge on any atom is -0.325 e. The van der Waals surface area contributed by atoms with E-state index in [0.29, 0.717) is 10.7 Å². The number of anilines is 1. The number of aryl methyl sites for hydroxylation is 1. The van der Waals surface area contributed by atoms with E-state index in [2.05, 4.69) is 10.3 Å². The Balaban J connectivity index is 2.26. The number of aromatic nitrogens is 2. The van der Waals surface area contributed by atoms with Gasteiger partial charge in [-0.1, -0.05) is 11.6 Å². The molecular weight excluding hydrogens is 264 g/mol. The number of amides is 1. The van der Waals surface area contributed by atoms with E-state index in [4.69, 9.17) is 16.9 Å². The number of benzene rings is 1. The largest absolute Gasteiger partial charge is 0.325 e. The molecule has 0 aliphatic rings. The molecule has 1 amide bonds. The van der Waals surface area contributed by atoms with Crippen molar-refractivity contribution in [2.24, 2.45) is 0 Å². The topological polar surface area (TPSA) is 70.7 Å². The van der Waals surface area contributed by atoms with Gasteiger partial charge in [-0.3, -0.25) is 4.79 Å². The summed E-state index contributed by atoms with van der Waals surface area (Å²) in [6, 6.07) is 6.95. The van der Waals surface area contributed by atoms with Crippen LogP contribution in [-0.2, 0) is 4.79 Å². The molecule has 5 nitrogen and oxygen atoms in total. The van der Waals surface area contributed by atoms with Crippen LogP contribution in [0.1, 0.15) is 12.2 Å². The van der Waals surface area contributed by atoms with E-state index in [1.165, 1.54) is 0 Å². The Hall–Kier alpha value is -2.32. The van der Waals surface area contributed by atoms with Crippen molar-refractivity contribution in [2.75, 3.05) is 5.32 Å². The molecule has 0 bridgehead atoms. The number of nitriles is 1. The zero-order chi connectivity index (χ0) is 13.8. The molecule has 0 radical (unpaired) electrons. The van der Waals surface area contributed by atoms with Crippen LogP contribution < -0.4 is 5.32 Å². The SMILES string of the molecule is Cc1nccn1-c1ccc(NC(=O)CC#N)cc1Cl. The second kappa shape index (κ2) is 5.55. The molecule has 1 N–H and O–H groups in total. The van der Waals surface area contributed by atoms with E-state index >= 15 is 0 Å². The number of hydrogen-bond acceptors (Lipinski definition) is 3. The van der Waals surface area contributed by atoms with Crippen molar-refractivity contribution in [3.63, 3.8) is 0 Å². The monoisotopic (exact) mass is 274 g/mol. The van der Waals surface area contributed by atoms with Crippen molar-refractivity contribution >= 4 is 23.2 Å². The molecule has 1 heterocycles. The van der Waals surface area contributed by atoms with Crippen molar-refractivity contribution in [1.29, 1.82) is 5.26 Å². The number of nitrogens with one attached hydrogen (secondary N) is 1. The third-order valence-corrected chi connectivity index (χ3v) is 2.86. The first-order valence-electron chi connectivity index (χ1n) is 5.58. The van der Waals surface area contributed by atoms with Crippen molar-refractivity contribution in [3.8, 4) is 11.8 Å². The summed E-state index contributed by atoms with van der Waals surface area (Å²) in [6.45, 7) is 1.87. The van der Waals surface area contributed by atoms with E-state index in [9.17, 15) is 4.79 Å². The van der Waals surface area contributed by atoms with Crippen LogP contribution in [0.5, 0.6) is 0 Å². The summed E-state index contributed by atoms with van der Waals surface area (Å²) in [4.78, 5) is 15.4. The molecule has 96 valence electrons. The maximum absolute atomic E-state index is 11.3. The number of halogens is 1. The van der Waals surface area contributed by atoms with Gasteiger partial charge in [0, 0.05) is 18.1 Å². The van der Waals surface area contributed by atoms with Gasteiger partial charge >= 0.3 is 0 Å². The zero-order valence-corrected chi connectivity index (χ0v) is 11.0. The Kier molecular flexibility index (Phi) is 3.83. The normalized spacial score (nSPS) is 9.95. The summed E-state index contributed by atoms with van der Waals surface area (Å²) in [5, 5.41) is 11.5. The van der Waals surface area contributed by atoms with Gasteiger partial charge in [0.05, 0.1) is 16.8 Å². The standard InChI is InChI=1S/C13H11ClN4O/c1-9-16-6-7-18(9)12-3-2-10(8-11(12)14)17-13(19)4-5-15/h2-3,6-8H,4H2,1H3,(H,17,19). The minimum absolute atomic E-state index is 0.181. The van der Waals surface area contributed by atoms with Gasteiger partial charge in [-0.05, 0) is 25.1 Å². The van der Waals surface area contributed by atoms with E-state index in [-0.39, 0.29) is 12.3 Å². The fourth-order valence-corrected chi connectivity index (χ4v) is 1.96. The van der Waals surface area contributed by atoms with Crippen LogP contribution in [0, 0.1) is 18.3 Å². The Bertz CT molecular complexity index is 657. The molecule has 0 unspecified atom stereocenters. The highest BCUT2D eigenvalue weighted by atomic mass is 35.5. The summed E-state index contributed by atoms with van der Waals surface area (Å²) in [5.41, 5.74) is 1.35. The maximum atomic E-state index is 11.3. The molecule has 1 aromatic carbocycles. The highest BCUT2D eigenvalue weighted by Crippen LogP contribution is 2.25. The molecule has 0 aliphatic carbocycles. The first-order chi connectivity index (χ1) is 9.11. The quantitative estimate of drug-likeness (QED) is 0.935. The Morgan fingerprint density at radius 2 is 2.37 bits per heavy atom. The molecule has 1 aromatic heterocycles. The zero-order valence-electron chi connectivity index (χ0n) is 10.2. The molecule has 0 fully saturated rings. The number of imidazole rings is 1. The summed E-state index contributed by atoms with van der Waals surface area (Å²) in [5.74, 6) is 0.466. The number of carbonyl (C=O) groups is 1. The van der Waals surface area contributed by atoms with Crippen LogP contribution in [0.25, 0.3) is 5.69 Å². The molecule has 19 heavy (non-hydrogen) atoms. The van der Waals surface area contributed by atoms with Gasteiger partial charge in [-0.25, -0.2) is 4.98 Å². The molecule has 0 spiro atoms. The lowest BCUT2D eigenvalue weighted by molar-refractivity contribution is -0.115. The van der Waals surface area contributed by atoms with Crippen LogP contribution in [-0.4, -0.2) is 15.5 Å². The van der Waals surface area contributed by atoms with E-state index < -0.39 is 0 Å². The third kappa shape index (κ3) is 2.92. The smallest absolute Gasteiger partial charge is 0.238 e. The van der Waals surface area contributed by atoms with Gasteiger partial charge in [0.2, 0.25) is 5.91 Å². The second-order valence-electron chi connectivity index (χ2n) is 3.89. The van der Waals surface area contributed by atoms with Crippen molar-refractivity contribution < 1.29 is 4.79 Å². The highest BCUT2D eigenvalue weighted by molar-refractivity contribution is 6.32. The van der Waals surface area contributed by atoms with Crippen molar-refractivity contribution in [3.05, 3.63) is 41.4 Å². The number of rotatable bonds is 3. The maximum Gasteiger partial charge on any atom is 0.238 e. The van der Waals surface area contributed by atoms with Crippen LogP contribution in [0.3, 0.4) is 0 Å². The summed E-state index contributed by atoms with van der Waals surface area (Å²) in [7, 11) is 0. The van der Waals surface area contributed by atoms with Gasteiger partial charge in [-0.15, -0.1) is 0 Å². The van der Waals surface area contributed by atoms with Gasteiger partial charge in [0.1, 0.15) is 12.2 Å². The number of nitrogens with zero attached hydrogens (tertiary/aromatic N) is 3. The number of carbonyl (C=O) groups excluding carboxylic acids is 1.